The summed E-state index contributed by atoms with van der Waals surface area (Å²) in [6.45, 7) is 1.28. The molecule has 2 N–H and O–H groups in total. The molecule has 1 aliphatic heterocycles. The van der Waals surface area contributed by atoms with Crippen LogP contribution in [0.2, 0.25) is 0 Å². The maximum absolute atomic E-state index is 12.9. The zero-order chi connectivity index (χ0) is 18.7. The molecule has 0 radical (unpaired) electrons. The number of carbonyl (C=O) groups is 3. The van der Waals surface area contributed by atoms with E-state index in [9.17, 15) is 14.4 Å². The van der Waals surface area contributed by atoms with Crippen LogP contribution < -0.4 is 15.1 Å². The lowest BCUT2D eigenvalue weighted by atomic mass is 10.0. The van der Waals surface area contributed by atoms with Gasteiger partial charge in [-0.1, -0.05) is 36.4 Å². The minimum atomic E-state index is -1.11. The number of carbonyl (C=O) groups excluding carboxylic acids is 3. The van der Waals surface area contributed by atoms with Crippen LogP contribution in [0, 0.1) is 5.92 Å². The Labute approximate surface area is 151 Å². The summed E-state index contributed by atoms with van der Waals surface area (Å²) in [6, 6.07) is 12.1. The minimum Gasteiger partial charge on any atom is -0.338 e. The summed E-state index contributed by atoms with van der Waals surface area (Å²) in [4.78, 5) is 43.8. The maximum Gasteiger partial charge on any atom is 0.335 e. The van der Waals surface area contributed by atoms with Gasteiger partial charge in [-0.25, -0.2) is 9.69 Å². The van der Waals surface area contributed by atoms with Gasteiger partial charge in [-0.15, -0.1) is 0 Å². The summed E-state index contributed by atoms with van der Waals surface area (Å²) in [6.07, 6.45) is 1.34. The number of benzene rings is 2. The number of anilines is 1. The summed E-state index contributed by atoms with van der Waals surface area (Å²) >= 11 is 0. The van der Waals surface area contributed by atoms with E-state index in [0.29, 0.717) is 12.2 Å². The predicted octanol–water partition coefficient (Wildman–Crippen LogP) is 0.254. The number of nitrogens with one attached hydrogen (secondary N) is 2. The molecular weight excluding hydrogens is 332 g/mol. The molecule has 26 heavy (non-hydrogen) atoms. The molecule has 0 aliphatic carbocycles. The largest absolute Gasteiger partial charge is 0.338 e. The smallest absolute Gasteiger partial charge is 0.335 e. The van der Waals surface area contributed by atoms with E-state index in [1.165, 1.54) is 11.1 Å². The van der Waals surface area contributed by atoms with Gasteiger partial charge in [0.2, 0.25) is 5.91 Å². The highest BCUT2D eigenvalue weighted by Crippen LogP contribution is 2.29. The number of nitrogens with zero attached hydrogens (tertiary/aromatic N) is 2. The van der Waals surface area contributed by atoms with E-state index >= 15 is 0 Å². The van der Waals surface area contributed by atoms with Crippen molar-refractivity contribution in [2.24, 2.45) is 10.9 Å². The topological polar surface area (TPSA) is 83.3 Å². The fourth-order valence-corrected chi connectivity index (χ4v) is 2.82. The number of rotatable bonds is 5. The molecule has 2 aromatic carbocycles. The maximum atomic E-state index is 12.9. The van der Waals surface area contributed by atoms with E-state index in [1.807, 2.05) is 44.4 Å². The summed E-state index contributed by atoms with van der Waals surface area (Å²) in [5.74, 6) is -2.34. The molecule has 0 bridgehead atoms. The summed E-state index contributed by atoms with van der Waals surface area (Å²) < 4.78 is 0. The Morgan fingerprint density at radius 1 is 1.12 bits per heavy atom. The Kier molecular flexibility index (Phi) is 5.09. The van der Waals surface area contributed by atoms with Gasteiger partial charge in [0, 0.05) is 11.6 Å². The SMILES string of the molecule is C[NH+](C)CCN=CC1C(=O)NC(=O)N(c2cccc3ccccc23)C1=O. The Balaban J connectivity index is 1.92. The van der Waals surface area contributed by atoms with E-state index in [1.54, 1.807) is 12.1 Å². The molecule has 1 saturated heterocycles. The number of hydrogen-bond donors (Lipinski definition) is 2. The quantitative estimate of drug-likeness (QED) is 0.597. The van der Waals surface area contributed by atoms with Gasteiger partial charge in [0.25, 0.3) is 5.91 Å². The first kappa shape index (κ1) is 17.8. The molecule has 0 saturated carbocycles. The predicted molar refractivity (Wildman–Crippen MR) is 99.5 cm³/mol. The third-order valence-corrected chi connectivity index (χ3v) is 4.21. The van der Waals surface area contributed by atoms with E-state index in [4.69, 9.17) is 0 Å². The van der Waals surface area contributed by atoms with Crippen molar-refractivity contribution in [3.63, 3.8) is 0 Å². The lowest BCUT2D eigenvalue weighted by Gasteiger charge is -2.29. The van der Waals surface area contributed by atoms with Crippen LogP contribution in [0.25, 0.3) is 10.8 Å². The number of hydrogen-bond acceptors (Lipinski definition) is 4. The van der Waals surface area contributed by atoms with Crippen molar-refractivity contribution in [2.45, 2.75) is 0 Å². The zero-order valence-electron chi connectivity index (χ0n) is 14.7. The summed E-state index contributed by atoms with van der Waals surface area (Å²) in [5.41, 5.74) is 0.453. The normalized spacial score (nSPS) is 18.2. The van der Waals surface area contributed by atoms with Crippen LogP contribution in [0.3, 0.4) is 0 Å². The molecule has 1 atom stereocenters. The number of quaternary nitrogens is 1. The first-order valence-corrected chi connectivity index (χ1v) is 8.44. The highest BCUT2D eigenvalue weighted by Gasteiger charge is 2.40. The average molecular weight is 353 g/mol. The lowest BCUT2D eigenvalue weighted by Crippen LogP contribution is -3.06. The van der Waals surface area contributed by atoms with Gasteiger partial charge in [0.05, 0.1) is 32.9 Å². The van der Waals surface area contributed by atoms with E-state index < -0.39 is 23.8 Å². The Morgan fingerprint density at radius 2 is 1.85 bits per heavy atom. The van der Waals surface area contributed by atoms with Crippen LogP contribution in [0.15, 0.2) is 47.5 Å². The van der Waals surface area contributed by atoms with E-state index in [-0.39, 0.29) is 0 Å². The lowest BCUT2D eigenvalue weighted by molar-refractivity contribution is -0.856. The molecule has 2 aromatic rings. The van der Waals surface area contributed by atoms with Crippen molar-refractivity contribution in [1.29, 1.82) is 0 Å². The molecule has 134 valence electrons. The highest BCUT2D eigenvalue weighted by atomic mass is 16.2. The van der Waals surface area contributed by atoms with Gasteiger partial charge < -0.3 is 4.90 Å². The number of imide groups is 2. The van der Waals surface area contributed by atoms with Crippen molar-refractivity contribution in [1.82, 2.24) is 5.32 Å². The first-order valence-electron chi connectivity index (χ1n) is 8.44. The molecular formula is C19H21N4O3+. The summed E-state index contributed by atoms with van der Waals surface area (Å²) in [5, 5.41) is 3.92. The highest BCUT2D eigenvalue weighted by molar-refractivity contribution is 6.33. The molecule has 1 heterocycles. The number of aliphatic imine (C=N–C) groups is 1. The molecule has 7 heteroatoms. The molecule has 1 fully saturated rings. The Morgan fingerprint density at radius 3 is 2.62 bits per heavy atom. The number of fused-ring (bicyclic) bond motifs is 1. The van der Waals surface area contributed by atoms with Crippen molar-refractivity contribution in [3.8, 4) is 0 Å². The Bertz CT molecular complexity index is 886. The van der Waals surface area contributed by atoms with Crippen LogP contribution in [0.4, 0.5) is 10.5 Å². The van der Waals surface area contributed by atoms with Crippen molar-refractivity contribution < 1.29 is 19.3 Å². The van der Waals surface area contributed by atoms with Crippen LogP contribution in [-0.4, -0.2) is 51.2 Å². The van der Waals surface area contributed by atoms with E-state index in [0.717, 1.165) is 22.2 Å². The molecule has 7 nitrogen and oxygen atoms in total. The first-order chi connectivity index (χ1) is 12.5. The van der Waals surface area contributed by atoms with Crippen LogP contribution >= 0.6 is 0 Å². The second-order valence-electron chi connectivity index (χ2n) is 6.46. The molecule has 1 aliphatic rings. The van der Waals surface area contributed by atoms with Crippen LogP contribution in [0.1, 0.15) is 0 Å². The second kappa shape index (κ2) is 7.45. The van der Waals surface area contributed by atoms with Gasteiger partial charge in [-0.05, 0) is 11.5 Å². The van der Waals surface area contributed by atoms with Crippen molar-refractivity contribution in [2.75, 3.05) is 32.1 Å². The third kappa shape index (κ3) is 3.48. The van der Waals surface area contributed by atoms with Gasteiger partial charge >= 0.3 is 6.03 Å². The van der Waals surface area contributed by atoms with Crippen molar-refractivity contribution >= 4 is 40.5 Å². The van der Waals surface area contributed by atoms with Crippen molar-refractivity contribution in [3.05, 3.63) is 42.5 Å². The number of likely N-dealkylation sites (N-methyl/N-ethyl adjacent to an activating group) is 1. The number of barbiturate groups is 1. The molecule has 4 amide bonds. The number of amides is 4. The third-order valence-electron chi connectivity index (χ3n) is 4.21. The molecule has 1 unspecified atom stereocenters. The number of urea groups is 1. The van der Waals surface area contributed by atoms with Crippen LogP contribution in [0.5, 0.6) is 0 Å². The molecule has 3 rings (SSSR count). The van der Waals surface area contributed by atoms with Gasteiger partial charge in [-0.2, -0.15) is 0 Å². The fourth-order valence-electron chi connectivity index (χ4n) is 2.82. The summed E-state index contributed by atoms with van der Waals surface area (Å²) in [7, 11) is 3.99. The Hall–Kier alpha value is -3.06. The van der Waals surface area contributed by atoms with Crippen LogP contribution in [-0.2, 0) is 9.59 Å². The van der Waals surface area contributed by atoms with E-state index in [2.05, 4.69) is 10.3 Å². The van der Waals surface area contributed by atoms with Gasteiger partial charge in [0.15, 0.2) is 5.92 Å². The minimum absolute atomic E-state index is 0.453. The monoisotopic (exact) mass is 353 g/mol. The zero-order valence-corrected chi connectivity index (χ0v) is 14.7. The molecule has 0 aromatic heterocycles. The fraction of sp³-hybridized carbons (Fsp3) is 0.263. The van der Waals surface area contributed by atoms with Gasteiger partial charge in [0.1, 0.15) is 0 Å². The standard InChI is InChI=1S/C19H20N4O3/c1-22(2)11-10-20-12-15-17(24)21-19(26)23(18(15)25)16-9-5-7-13-6-3-4-8-14(13)16/h3-9,12,15H,10-11H2,1-2H3,(H,21,24,26)/p+1. The second-order valence-corrected chi connectivity index (χ2v) is 6.46. The average Bonchev–Trinajstić information content (AvgIpc) is 2.60. The molecule has 0 spiro atoms. The van der Waals surface area contributed by atoms with Gasteiger partial charge in [-0.3, -0.25) is 19.9 Å².